The van der Waals surface area contributed by atoms with Gasteiger partial charge in [0, 0.05) is 28.2 Å². The summed E-state index contributed by atoms with van der Waals surface area (Å²) in [5, 5.41) is 3.61. The van der Waals surface area contributed by atoms with Gasteiger partial charge in [-0.05, 0) is 36.4 Å². The second kappa shape index (κ2) is 5.36. The third-order valence-electron chi connectivity index (χ3n) is 4.23. The van der Waals surface area contributed by atoms with Crippen molar-refractivity contribution in [3.63, 3.8) is 0 Å². The minimum atomic E-state index is -0.387. The maximum Gasteiger partial charge on any atom is 0.337 e. The van der Waals surface area contributed by atoms with Crippen molar-refractivity contribution in [2.45, 2.75) is 0 Å². The number of benzene rings is 2. The van der Waals surface area contributed by atoms with Crippen molar-refractivity contribution in [3.05, 3.63) is 52.0 Å². The van der Waals surface area contributed by atoms with Gasteiger partial charge in [-0.3, -0.25) is 0 Å². The predicted octanol–water partition coefficient (Wildman–Crippen LogP) is 4.97. The van der Waals surface area contributed by atoms with Crippen LogP contribution in [0.5, 0.6) is 0 Å². The average molecular weight is 359 g/mol. The molecular formula is C18H12Cl2N2O2. The van der Waals surface area contributed by atoms with Crippen molar-refractivity contribution in [1.82, 2.24) is 9.55 Å². The van der Waals surface area contributed by atoms with Gasteiger partial charge in [-0.25, -0.2) is 9.78 Å². The number of aromatic nitrogens is 2. The Bertz CT molecular complexity index is 1150. The Morgan fingerprint density at radius 2 is 1.92 bits per heavy atom. The van der Waals surface area contributed by atoms with Crippen molar-refractivity contribution >= 4 is 62.0 Å². The minimum absolute atomic E-state index is 0.387. The molecule has 2 aromatic carbocycles. The number of hydrogen-bond donors (Lipinski definition) is 0. The first-order valence-corrected chi connectivity index (χ1v) is 8.02. The van der Waals surface area contributed by atoms with E-state index in [9.17, 15) is 4.79 Å². The van der Waals surface area contributed by atoms with Crippen molar-refractivity contribution in [1.29, 1.82) is 0 Å². The summed E-state index contributed by atoms with van der Waals surface area (Å²) in [6, 6.07) is 10.8. The highest BCUT2D eigenvalue weighted by molar-refractivity contribution is 6.43. The van der Waals surface area contributed by atoms with Crippen LogP contribution in [0, 0.1) is 0 Å². The van der Waals surface area contributed by atoms with Crippen LogP contribution in [-0.2, 0) is 11.8 Å². The lowest BCUT2D eigenvalue weighted by Gasteiger charge is -2.04. The fourth-order valence-electron chi connectivity index (χ4n) is 3.05. The Morgan fingerprint density at radius 3 is 2.67 bits per heavy atom. The van der Waals surface area contributed by atoms with Gasteiger partial charge in [0.25, 0.3) is 0 Å². The van der Waals surface area contributed by atoms with Gasteiger partial charge in [0.2, 0.25) is 0 Å². The fourth-order valence-corrected chi connectivity index (χ4v) is 3.56. The maximum atomic E-state index is 11.8. The molecule has 0 aliphatic heterocycles. The van der Waals surface area contributed by atoms with Gasteiger partial charge >= 0.3 is 5.97 Å². The lowest BCUT2D eigenvalue weighted by Crippen LogP contribution is -2.00. The second-order valence-electron chi connectivity index (χ2n) is 5.57. The largest absolute Gasteiger partial charge is 0.465 e. The zero-order valence-corrected chi connectivity index (χ0v) is 14.4. The van der Waals surface area contributed by atoms with Crippen molar-refractivity contribution in [2.24, 2.45) is 7.05 Å². The number of nitrogens with zero attached hydrogens (tertiary/aromatic N) is 2. The van der Waals surface area contributed by atoms with Gasteiger partial charge in [-0.1, -0.05) is 23.2 Å². The predicted molar refractivity (Wildman–Crippen MR) is 97.1 cm³/mol. The van der Waals surface area contributed by atoms with E-state index < -0.39 is 0 Å². The number of rotatable bonds is 1. The SMILES string of the molecule is COC(=O)c1ccc2c(c1)c1c(Cl)c3cc(Cl)ccc3nc1n2C. The molecule has 0 amide bonds. The molecular weight excluding hydrogens is 347 g/mol. The van der Waals surface area contributed by atoms with E-state index in [2.05, 4.69) is 0 Å². The highest BCUT2D eigenvalue weighted by Gasteiger charge is 2.17. The molecule has 0 unspecified atom stereocenters. The number of ether oxygens (including phenoxy) is 1. The van der Waals surface area contributed by atoms with Gasteiger partial charge in [0.1, 0.15) is 5.65 Å². The summed E-state index contributed by atoms with van der Waals surface area (Å²) in [6.07, 6.45) is 0. The summed E-state index contributed by atoms with van der Waals surface area (Å²) >= 11 is 12.8. The Balaban J connectivity index is 2.19. The number of carbonyl (C=O) groups excluding carboxylic acids is 1. The minimum Gasteiger partial charge on any atom is -0.465 e. The third-order valence-corrected chi connectivity index (χ3v) is 4.86. The van der Waals surface area contributed by atoms with E-state index in [1.807, 2.05) is 23.7 Å². The van der Waals surface area contributed by atoms with Crippen LogP contribution < -0.4 is 0 Å². The summed E-state index contributed by atoms with van der Waals surface area (Å²) in [4.78, 5) is 16.6. The number of aryl methyl sites for hydroxylation is 1. The van der Waals surface area contributed by atoms with E-state index in [1.54, 1.807) is 24.3 Å². The zero-order chi connectivity index (χ0) is 17.0. The molecule has 0 radical (unpaired) electrons. The summed E-state index contributed by atoms with van der Waals surface area (Å²) in [5.74, 6) is -0.387. The highest BCUT2D eigenvalue weighted by atomic mass is 35.5. The van der Waals surface area contributed by atoms with Crippen molar-refractivity contribution < 1.29 is 9.53 Å². The lowest BCUT2D eigenvalue weighted by molar-refractivity contribution is 0.0601. The summed E-state index contributed by atoms with van der Waals surface area (Å²) in [5.41, 5.74) is 2.94. The quantitative estimate of drug-likeness (QED) is 0.451. The maximum absolute atomic E-state index is 11.8. The average Bonchev–Trinajstić information content (AvgIpc) is 2.87. The molecule has 4 aromatic rings. The Hall–Kier alpha value is -2.30. The molecule has 0 fully saturated rings. The van der Waals surface area contributed by atoms with Crippen LogP contribution in [-0.4, -0.2) is 22.6 Å². The van der Waals surface area contributed by atoms with Crippen molar-refractivity contribution in [3.8, 4) is 0 Å². The van der Waals surface area contributed by atoms with Gasteiger partial charge in [-0.15, -0.1) is 0 Å². The van der Waals surface area contributed by atoms with Crippen LogP contribution in [0.2, 0.25) is 10.0 Å². The van der Waals surface area contributed by atoms with Gasteiger partial charge in [-0.2, -0.15) is 0 Å². The first-order chi connectivity index (χ1) is 11.5. The number of halogens is 2. The summed E-state index contributed by atoms with van der Waals surface area (Å²) < 4.78 is 6.77. The van der Waals surface area contributed by atoms with Crippen LogP contribution in [0.1, 0.15) is 10.4 Å². The first-order valence-electron chi connectivity index (χ1n) is 7.26. The molecule has 4 nitrogen and oxygen atoms in total. The summed E-state index contributed by atoms with van der Waals surface area (Å²) in [6.45, 7) is 0. The molecule has 24 heavy (non-hydrogen) atoms. The van der Waals surface area contributed by atoms with E-state index >= 15 is 0 Å². The smallest absolute Gasteiger partial charge is 0.337 e. The lowest BCUT2D eigenvalue weighted by atomic mass is 10.1. The van der Waals surface area contributed by atoms with E-state index in [4.69, 9.17) is 32.9 Å². The van der Waals surface area contributed by atoms with Gasteiger partial charge in [0.15, 0.2) is 0 Å². The molecule has 120 valence electrons. The monoisotopic (exact) mass is 358 g/mol. The Kier molecular flexibility index (Phi) is 3.41. The van der Waals surface area contributed by atoms with Crippen LogP contribution >= 0.6 is 23.2 Å². The Labute approximate surface area is 147 Å². The number of esters is 1. The molecule has 4 rings (SSSR count). The highest BCUT2D eigenvalue weighted by Crippen LogP contribution is 2.38. The third kappa shape index (κ3) is 2.07. The summed E-state index contributed by atoms with van der Waals surface area (Å²) in [7, 11) is 3.28. The normalized spacial score (nSPS) is 11.5. The van der Waals surface area contributed by atoms with Gasteiger partial charge in [0.05, 0.1) is 28.7 Å². The van der Waals surface area contributed by atoms with Crippen molar-refractivity contribution in [2.75, 3.05) is 7.11 Å². The van der Waals surface area contributed by atoms with E-state index in [1.165, 1.54) is 7.11 Å². The molecule has 0 bridgehead atoms. The topological polar surface area (TPSA) is 44.1 Å². The van der Waals surface area contributed by atoms with E-state index in [-0.39, 0.29) is 5.97 Å². The number of carbonyl (C=O) groups is 1. The molecule has 2 aromatic heterocycles. The molecule has 0 aliphatic carbocycles. The van der Waals surface area contributed by atoms with E-state index in [0.717, 1.165) is 32.8 Å². The first kappa shape index (κ1) is 15.2. The van der Waals surface area contributed by atoms with Crippen LogP contribution in [0.25, 0.3) is 32.8 Å². The Morgan fingerprint density at radius 1 is 1.12 bits per heavy atom. The molecule has 0 saturated carbocycles. The second-order valence-corrected chi connectivity index (χ2v) is 6.38. The molecule has 0 aliphatic rings. The molecule has 6 heteroatoms. The molecule has 0 N–H and O–H groups in total. The van der Waals surface area contributed by atoms with Crippen LogP contribution in [0.4, 0.5) is 0 Å². The molecule has 2 heterocycles. The van der Waals surface area contributed by atoms with Gasteiger partial charge < -0.3 is 9.30 Å². The zero-order valence-electron chi connectivity index (χ0n) is 12.9. The number of fused-ring (bicyclic) bond motifs is 4. The molecule has 0 spiro atoms. The number of pyridine rings is 1. The number of methoxy groups -OCH3 is 1. The fraction of sp³-hybridized carbons (Fsp3) is 0.111. The molecule has 0 saturated heterocycles. The molecule has 0 atom stereocenters. The van der Waals surface area contributed by atoms with E-state index in [0.29, 0.717) is 15.6 Å². The van der Waals surface area contributed by atoms with Crippen LogP contribution in [0.15, 0.2) is 36.4 Å². The standard InChI is InChI=1S/C18H12Cl2N2O2/c1-22-14-6-3-9(18(23)24-2)7-12(14)15-16(20)11-8-10(19)4-5-13(11)21-17(15)22/h3-8H,1-2H3. The number of hydrogen-bond acceptors (Lipinski definition) is 3. The van der Waals surface area contributed by atoms with Crippen LogP contribution in [0.3, 0.4) is 0 Å².